The minimum absolute atomic E-state index is 0.00112. The smallest absolute Gasteiger partial charge is 0.262 e. The van der Waals surface area contributed by atoms with Crippen LogP contribution in [0.3, 0.4) is 0 Å². The van der Waals surface area contributed by atoms with Gasteiger partial charge in [0.15, 0.2) is 5.13 Å². The van der Waals surface area contributed by atoms with Gasteiger partial charge in [-0.2, -0.15) is 0 Å². The average Bonchev–Trinajstić information content (AvgIpc) is 3.45. The van der Waals surface area contributed by atoms with E-state index in [0.29, 0.717) is 12.1 Å². The number of carbonyl (C=O) groups excluding carboxylic acids is 1. The first-order valence-corrected chi connectivity index (χ1v) is 12.0. The van der Waals surface area contributed by atoms with Crippen molar-refractivity contribution >= 4 is 43.5 Å². The van der Waals surface area contributed by atoms with Crippen LogP contribution in [0.5, 0.6) is 0 Å². The molecule has 32 heavy (non-hydrogen) atoms. The molecule has 1 amide bonds. The van der Waals surface area contributed by atoms with Gasteiger partial charge in [0.1, 0.15) is 0 Å². The summed E-state index contributed by atoms with van der Waals surface area (Å²) in [5.74, 6) is -0.00112. The number of fused-ring (bicyclic) bond motifs is 2. The van der Waals surface area contributed by atoms with Crippen LogP contribution >= 0.6 is 11.3 Å². The van der Waals surface area contributed by atoms with Crippen LogP contribution in [0.4, 0.5) is 5.13 Å². The summed E-state index contributed by atoms with van der Waals surface area (Å²) in [7, 11) is 0. The molecule has 0 atom stereocenters. The number of para-hydroxylation sites is 1. The number of hydrogen-bond acceptors (Lipinski definition) is 5. The molecule has 0 unspecified atom stereocenters. The molecule has 2 aromatic carbocycles. The predicted octanol–water partition coefficient (Wildman–Crippen LogP) is 4.76. The van der Waals surface area contributed by atoms with Crippen molar-refractivity contribution in [3.05, 3.63) is 59.3 Å². The lowest BCUT2D eigenvalue weighted by Gasteiger charge is -2.27. The van der Waals surface area contributed by atoms with Crippen LogP contribution in [0.15, 0.2) is 42.6 Å². The molecule has 7 heteroatoms. The van der Waals surface area contributed by atoms with Gasteiger partial charge in [0.25, 0.3) is 5.91 Å². The minimum atomic E-state index is -0.00112. The minimum Gasteiger partial charge on any atom is -0.379 e. The van der Waals surface area contributed by atoms with Gasteiger partial charge < -0.3 is 9.72 Å². The third-order valence-corrected chi connectivity index (χ3v) is 7.40. The Balaban J connectivity index is 1.47. The number of benzene rings is 2. The average molecular weight is 449 g/mol. The van der Waals surface area contributed by atoms with Gasteiger partial charge in [-0.25, -0.2) is 4.98 Å². The molecule has 0 spiro atoms. The Bertz CT molecular complexity index is 1220. The van der Waals surface area contributed by atoms with Crippen LogP contribution in [0, 0.1) is 13.8 Å². The van der Waals surface area contributed by atoms with Gasteiger partial charge in [-0.1, -0.05) is 41.7 Å². The van der Waals surface area contributed by atoms with Gasteiger partial charge in [-0.15, -0.1) is 0 Å². The van der Waals surface area contributed by atoms with Gasteiger partial charge in [-0.05, 0) is 37.5 Å². The van der Waals surface area contributed by atoms with Crippen LogP contribution in [0.25, 0.3) is 21.1 Å². The van der Waals surface area contributed by atoms with Crippen molar-refractivity contribution in [1.82, 2.24) is 14.9 Å². The molecule has 6 nitrogen and oxygen atoms in total. The maximum atomic E-state index is 13.8. The molecule has 1 aliphatic heterocycles. The number of nitrogens with one attached hydrogen (secondary N) is 1. The monoisotopic (exact) mass is 448 g/mol. The molecule has 1 saturated heterocycles. The first-order chi connectivity index (χ1) is 15.6. The second kappa shape index (κ2) is 9.02. The molecule has 0 radical (unpaired) electrons. The highest BCUT2D eigenvalue weighted by molar-refractivity contribution is 7.22. The first-order valence-electron chi connectivity index (χ1n) is 11.2. The summed E-state index contributed by atoms with van der Waals surface area (Å²) < 4.78 is 6.62. The summed E-state index contributed by atoms with van der Waals surface area (Å²) in [6.07, 6.45) is 2.72. The Hall–Kier alpha value is -2.74. The Morgan fingerprint density at radius 2 is 1.94 bits per heavy atom. The second-order valence-corrected chi connectivity index (χ2v) is 9.36. The molecule has 5 rings (SSSR count). The van der Waals surface area contributed by atoms with E-state index in [1.54, 1.807) is 11.3 Å². The molecular formula is C25H28N4O2S. The molecule has 3 heterocycles. The third-order valence-electron chi connectivity index (χ3n) is 6.19. The number of amides is 1. The van der Waals surface area contributed by atoms with E-state index >= 15 is 0 Å². The number of aromatic amines is 1. The zero-order chi connectivity index (χ0) is 22.1. The van der Waals surface area contributed by atoms with E-state index in [-0.39, 0.29) is 5.91 Å². The maximum Gasteiger partial charge on any atom is 0.262 e. The molecule has 166 valence electrons. The predicted molar refractivity (Wildman–Crippen MR) is 131 cm³/mol. The van der Waals surface area contributed by atoms with Crippen molar-refractivity contribution in [2.24, 2.45) is 0 Å². The topological polar surface area (TPSA) is 61.5 Å². The molecular weight excluding hydrogens is 420 g/mol. The summed E-state index contributed by atoms with van der Waals surface area (Å²) in [5.41, 5.74) is 5.00. The number of nitrogens with zero attached hydrogens (tertiary/aromatic N) is 3. The summed E-state index contributed by atoms with van der Waals surface area (Å²) in [5, 5.41) is 1.72. The van der Waals surface area contributed by atoms with Gasteiger partial charge in [0.2, 0.25) is 0 Å². The normalized spacial score (nSPS) is 14.9. The first kappa shape index (κ1) is 21.1. The molecule has 4 aromatic rings. The number of aryl methyl sites for hydroxylation is 2. The van der Waals surface area contributed by atoms with E-state index in [9.17, 15) is 4.79 Å². The SMILES string of the molecule is Cc1ccc(C)c2sc(N(CCCN3CCOCC3)C(=O)c3c[nH]c4ccccc34)nc12. The highest BCUT2D eigenvalue weighted by Gasteiger charge is 2.24. The number of aromatic nitrogens is 2. The highest BCUT2D eigenvalue weighted by atomic mass is 32.1. The lowest BCUT2D eigenvalue weighted by atomic mass is 10.1. The molecule has 0 aliphatic carbocycles. The number of carbonyl (C=O) groups is 1. The number of ether oxygens (including phenoxy) is 1. The quantitative estimate of drug-likeness (QED) is 0.462. The van der Waals surface area contributed by atoms with E-state index in [1.165, 1.54) is 5.56 Å². The third kappa shape index (κ3) is 4.03. The summed E-state index contributed by atoms with van der Waals surface area (Å²) in [6, 6.07) is 12.2. The summed E-state index contributed by atoms with van der Waals surface area (Å²) in [6.45, 7) is 9.25. The fourth-order valence-electron chi connectivity index (χ4n) is 4.32. The van der Waals surface area contributed by atoms with Crippen LogP contribution in [-0.4, -0.2) is 60.2 Å². The largest absolute Gasteiger partial charge is 0.379 e. The Morgan fingerprint density at radius 1 is 1.16 bits per heavy atom. The van der Waals surface area contributed by atoms with Gasteiger partial charge in [0.05, 0.1) is 29.0 Å². The Kier molecular flexibility index (Phi) is 5.95. The van der Waals surface area contributed by atoms with Crippen molar-refractivity contribution in [1.29, 1.82) is 0 Å². The number of H-pyrrole nitrogens is 1. The van der Waals surface area contributed by atoms with Crippen molar-refractivity contribution < 1.29 is 9.53 Å². The van der Waals surface area contributed by atoms with E-state index in [4.69, 9.17) is 9.72 Å². The van der Waals surface area contributed by atoms with Crippen molar-refractivity contribution in [2.75, 3.05) is 44.3 Å². The molecule has 1 aliphatic rings. The van der Waals surface area contributed by atoms with E-state index in [1.807, 2.05) is 35.4 Å². The maximum absolute atomic E-state index is 13.8. The number of rotatable bonds is 6. The van der Waals surface area contributed by atoms with Gasteiger partial charge >= 0.3 is 0 Å². The van der Waals surface area contributed by atoms with Gasteiger partial charge in [-0.3, -0.25) is 14.6 Å². The van der Waals surface area contributed by atoms with Crippen molar-refractivity contribution in [3.63, 3.8) is 0 Å². The molecule has 0 bridgehead atoms. The molecule has 2 aromatic heterocycles. The molecule has 1 N–H and O–H groups in total. The standard InChI is InChI=1S/C25H28N4O2S/c1-17-8-9-18(2)23-22(17)27-25(32-23)29(11-5-10-28-12-14-31-15-13-28)24(30)20-16-26-21-7-4-3-6-19(20)21/h3-4,6-9,16,26H,5,10-15H2,1-2H3. The summed E-state index contributed by atoms with van der Waals surface area (Å²) >= 11 is 1.61. The lowest BCUT2D eigenvalue weighted by molar-refractivity contribution is 0.0376. The molecule has 0 saturated carbocycles. The van der Waals surface area contributed by atoms with Crippen molar-refractivity contribution in [3.8, 4) is 0 Å². The van der Waals surface area contributed by atoms with Gasteiger partial charge in [0, 0.05) is 43.3 Å². The summed E-state index contributed by atoms with van der Waals surface area (Å²) in [4.78, 5) is 26.2. The lowest BCUT2D eigenvalue weighted by Crippen LogP contribution is -2.39. The van der Waals surface area contributed by atoms with E-state index in [2.05, 4.69) is 35.9 Å². The van der Waals surface area contributed by atoms with E-state index < -0.39 is 0 Å². The highest BCUT2D eigenvalue weighted by Crippen LogP contribution is 2.34. The number of hydrogen-bond donors (Lipinski definition) is 1. The number of anilines is 1. The Labute approximate surface area is 191 Å². The number of thiazole rings is 1. The van der Waals surface area contributed by atoms with Crippen LogP contribution in [0.2, 0.25) is 0 Å². The molecule has 1 fully saturated rings. The zero-order valence-corrected chi connectivity index (χ0v) is 19.4. The second-order valence-electron chi connectivity index (χ2n) is 8.39. The van der Waals surface area contributed by atoms with Crippen LogP contribution in [0.1, 0.15) is 27.9 Å². The fraction of sp³-hybridized carbons (Fsp3) is 0.360. The Morgan fingerprint density at radius 3 is 2.75 bits per heavy atom. The van der Waals surface area contributed by atoms with Crippen LogP contribution < -0.4 is 4.90 Å². The number of morpholine rings is 1. The van der Waals surface area contributed by atoms with E-state index in [0.717, 1.165) is 71.1 Å². The van der Waals surface area contributed by atoms with Crippen LogP contribution in [-0.2, 0) is 4.74 Å². The zero-order valence-electron chi connectivity index (χ0n) is 18.6. The van der Waals surface area contributed by atoms with Crippen molar-refractivity contribution in [2.45, 2.75) is 20.3 Å². The fourth-order valence-corrected chi connectivity index (χ4v) is 5.45.